The summed E-state index contributed by atoms with van der Waals surface area (Å²) in [4.78, 5) is 9.16. The lowest BCUT2D eigenvalue weighted by atomic mass is 10.1. The largest absolute Gasteiger partial charge is 0.494 e. The van der Waals surface area contributed by atoms with Crippen LogP contribution in [0.4, 0.5) is 0 Å². The summed E-state index contributed by atoms with van der Waals surface area (Å²) in [6.45, 7) is 5.34. The fourth-order valence-corrected chi connectivity index (χ4v) is 4.05. The fourth-order valence-electron chi connectivity index (χ4n) is 4.05. The van der Waals surface area contributed by atoms with Crippen LogP contribution in [0.15, 0.2) is 36.7 Å². The molecule has 3 nitrogen and oxygen atoms in total. The summed E-state index contributed by atoms with van der Waals surface area (Å²) in [5, 5.41) is 0. The number of ether oxygens (including phenoxy) is 1. The number of hydrogen-bond acceptors (Lipinski definition) is 3. The molecular formula is C29H46N2O. The Labute approximate surface area is 197 Å². The van der Waals surface area contributed by atoms with Crippen LogP contribution in [-0.4, -0.2) is 16.6 Å². The summed E-state index contributed by atoms with van der Waals surface area (Å²) < 4.78 is 5.91. The highest BCUT2D eigenvalue weighted by atomic mass is 16.5. The average Bonchev–Trinajstić information content (AvgIpc) is 2.83. The molecule has 0 saturated carbocycles. The molecule has 1 aromatic heterocycles. The first-order chi connectivity index (χ1) is 15.8. The number of hydrogen-bond donors (Lipinski definition) is 0. The van der Waals surface area contributed by atoms with Crippen LogP contribution in [0.5, 0.6) is 5.75 Å². The molecule has 178 valence electrons. The van der Waals surface area contributed by atoms with E-state index in [1.807, 2.05) is 24.5 Å². The zero-order valence-electron chi connectivity index (χ0n) is 20.8. The maximum atomic E-state index is 5.91. The second-order valence-electron chi connectivity index (χ2n) is 9.13. The zero-order chi connectivity index (χ0) is 22.7. The Morgan fingerprint density at radius 3 is 1.66 bits per heavy atom. The van der Waals surface area contributed by atoms with Gasteiger partial charge in [0.15, 0.2) is 5.82 Å². The molecule has 0 N–H and O–H groups in total. The second kappa shape index (κ2) is 17.6. The third-order valence-electron chi connectivity index (χ3n) is 6.15. The first kappa shape index (κ1) is 26.4. The quantitative estimate of drug-likeness (QED) is 0.205. The molecule has 0 aliphatic rings. The average molecular weight is 439 g/mol. The molecule has 2 aromatic rings. The van der Waals surface area contributed by atoms with Gasteiger partial charge in [-0.15, -0.1) is 0 Å². The number of benzene rings is 1. The van der Waals surface area contributed by atoms with Gasteiger partial charge in [-0.25, -0.2) is 9.97 Å². The SMILES string of the molecule is CCCCCCCCCCCOc1ccc(-c2ncc(CCCCCCCC)cn2)cc1. The molecule has 2 rings (SSSR count). The highest BCUT2D eigenvalue weighted by molar-refractivity contribution is 5.55. The molecule has 0 radical (unpaired) electrons. The van der Waals surface area contributed by atoms with Crippen molar-refractivity contribution in [3.05, 3.63) is 42.2 Å². The van der Waals surface area contributed by atoms with Gasteiger partial charge in [-0.2, -0.15) is 0 Å². The van der Waals surface area contributed by atoms with Gasteiger partial charge >= 0.3 is 0 Å². The molecule has 0 bridgehead atoms. The lowest BCUT2D eigenvalue weighted by molar-refractivity contribution is 0.304. The van der Waals surface area contributed by atoms with E-state index in [2.05, 4.69) is 35.9 Å². The van der Waals surface area contributed by atoms with Crippen molar-refractivity contribution in [1.29, 1.82) is 0 Å². The van der Waals surface area contributed by atoms with E-state index in [0.29, 0.717) is 0 Å². The first-order valence-electron chi connectivity index (χ1n) is 13.4. The van der Waals surface area contributed by atoms with E-state index in [-0.39, 0.29) is 0 Å². The van der Waals surface area contributed by atoms with Crippen LogP contribution in [0.1, 0.15) is 116 Å². The fraction of sp³-hybridized carbons (Fsp3) is 0.655. The molecule has 0 atom stereocenters. The Balaban J connectivity index is 1.59. The first-order valence-corrected chi connectivity index (χ1v) is 13.4. The summed E-state index contributed by atoms with van der Waals surface area (Å²) in [6.07, 6.45) is 25.0. The van der Waals surface area contributed by atoms with Gasteiger partial charge in [0.25, 0.3) is 0 Å². The van der Waals surface area contributed by atoms with Gasteiger partial charge in [-0.3, -0.25) is 0 Å². The summed E-state index contributed by atoms with van der Waals surface area (Å²) in [5.41, 5.74) is 2.29. The molecule has 0 saturated heterocycles. The van der Waals surface area contributed by atoms with Crippen molar-refractivity contribution in [3.63, 3.8) is 0 Å². The smallest absolute Gasteiger partial charge is 0.159 e. The van der Waals surface area contributed by atoms with Crippen molar-refractivity contribution in [3.8, 4) is 17.1 Å². The van der Waals surface area contributed by atoms with Crippen LogP contribution < -0.4 is 4.74 Å². The van der Waals surface area contributed by atoms with E-state index in [1.54, 1.807) is 0 Å². The molecule has 1 heterocycles. The minimum atomic E-state index is 0.794. The van der Waals surface area contributed by atoms with Crippen LogP contribution >= 0.6 is 0 Å². The molecule has 0 fully saturated rings. The van der Waals surface area contributed by atoms with Gasteiger partial charge in [-0.1, -0.05) is 97.3 Å². The highest BCUT2D eigenvalue weighted by Gasteiger charge is 2.03. The van der Waals surface area contributed by atoms with E-state index in [4.69, 9.17) is 4.74 Å². The Kier molecular flexibility index (Phi) is 14.5. The molecule has 0 spiro atoms. The predicted molar refractivity (Wildman–Crippen MR) is 137 cm³/mol. The van der Waals surface area contributed by atoms with Crippen LogP contribution in [0.3, 0.4) is 0 Å². The highest BCUT2D eigenvalue weighted by Crippen LogP contribution is 2.20. The van der Waals surface area contributed by atoms with Crippen molar-refractivity contribution in [2.75, 3.05) is 6.61 Å². The molecular weight excluding hydrogens is 392 g/mol. The molecule has 0 unspecified atom stereocenters. The summed E-state index contributed by atoms with van der Waals surface area (Å²) in [7, 11) is 0. The minimum absolute atomic E-state index is 0.794. The summed E-state index contributed by atoms with van der Waals surface area (Å²) in [5.74, 6) is 1.73. The predicted octanol–water partition coefficient (Wildman–Crippen LogP) is 8.96. The molecule has 0 aliphatic heterocycles. The third-order valence-corrected chi connectivity index (χ3v) is 6.15. The third kappa shape index (κ3) is 11.6. The van der Waals surface area contributed by atoms with Crippen molar-refractivity contribution < 1.29 is 4.74 Å². The van der Waals surface area contributed by atoms with Gasteiger partial charge in [0.1, 0.15) is 5.75 Å². The lowest BCUT2D eigenvalue weighted by Gasteiger charge is -2.07. The van der Waals surface area contributed by atoms with E-state index < -0.39 is 0 Å². The zero-order valence-corrected chi connectivity index (χ0v) is 20.8. The van der Waals surface area contributed by atoms with E-state index in [0.717, 1.165) is 36.6 Å². The van der Waals surface area contributed by atoms with Crippen molar-refractivity contribution in [1.82, 2.24) is 9.97 Å². The van der Waals surface area contributed by atoms with Gasteiger partial charge in [0, 0.05) is 18.0 Å². The molecule has 0 aliphatic carbocycles. The molecule has 0 amide bonds. The Morgan fingerprint density at radius 1 is 0.594 bits per heavy atom. The monoisotopic (exact) mass is 438 g/mol. The van der Waals surface area contributed by atoms with Crippen molar-refractivity contribution in [2.24, 2.45) is 0 Å². The second-order valence-corrected chi connectivity index (χ2v) is 9.13. The van der Waals surface area contributed by atoms with Gasteiger partial charge in [0.2, 0.25) is 0 Å². The number of aromatic nitrogens is 2. The number of aryl methyl sites for hydroxylation is 1. The maximum absolute atomic E-state index is 5.91. The van der Waals surface area contributed by atoms with Crippen molar-refractivity contribution in [2.45, 2.75) is 117 Å². The molecule has 32 heavy (non-hydrogen) atoms. The number of rotatable bonds is 19. The number of unbranched alkanes of at least 4 members (excludes halogenated alkanes) is 13. The Morgan fingerprint density at radius 2 is 1.09 bits per heavy atom. The Bertz CT molecular complexity index is 681. The molecule has 1 aromatic carbocycles. The topological polar surface area (TPSA) is 35.0 Å². The van der Waals surface area contributed by atoms with Crippen LogP contribution in [-0.2, 0) is 6.42 Å². The Hall–Kier alpha value is -1.90. The lowest BCUT2D eigenvalue weighted by Crippen LogP contribution is -1.97. The molecule has 3 heteroatoms. The van der Waals surface area contributed by atoms with Crippen LogP contribution in [0, 0.1) is 0 Å². The van der Waals surface area contributed by atoms with Gasteiger partial charge in [-0.05, 0) is 49.1 Å². The van der Waals surface area contributed by atoms with Crippen LogP contribution in [0.25, 0.3) is 11.4 Å². The van der Waals surface area contributed by atoms with Crippen molar-refractivity contribution >= 4 is 0 Å². The van der Waals surface area contributed by atoms with E-state index in [9.17, 15) is 0 Å². The maximum Gasteiger partial charge on any atom is 0.159 e. The summed E-state index contributed by atoms with van der Waals surface area (Å²) >= 11 is 0. The van der Waals surface area contributed by atoms with E-state index in [1.165, 1.54) is 95.5 Å². The van der Waals surface area contributed by atoms with E-state index >= 15 is 0 Å². The van der Waals surface area contributed by atoms with Gasteiger partial charge in [0.05, 0.1) is 6.61 Å². The normalized spacial score (nSPS) is 11.1. The van der Waals surface area contributed by atoms with Gasteiger partial charge < -0.3 is 4.74 Å². The summed E-state index contributed by atoms with van der Waals surface area (Å²) in [6, 6.07) is 8.20. The standard InChI is InChI=1S/C29H46N2O/c1-3-5-7-9-11-12-13-15-17-23-32-28-21-19-27(20-22-28)29-30-24-26(25-31-29)18-16-14-10-8-6-4-2/h19-22,24-25H,3-18,23H2,1-2H3. The minimum Gasteiger partial charge on any atom is -0.494 e. The van der Waals surface area contributed by atoms with Crippen LogP contribution in [0.2, 0.25) is 0 Å². The number of nitrogens with zero attached hydrogens (tertiary/aromatic N) is 2.